The van der Waals surface area contributed by atoms with Crippen LogP contribution in [0.25, 0.3) is 0 Å². The van der Waals surface area contributed by atoms with Gasteiger partial charge in [0.2, 0.25) is 11.8 Å². The summed E-state index contributed by atoms with van der Waals surface area (Å²) in [5.74, 6) is 0.250. The molecule has 0 aromatic heterocycles. The summed E-state index contributed by atoms with van der Waals surface area (Å²) in [6.45, 7) is 8.04. The zero-order valence-electron chi connectivity index (χ0n) is 17.6. The minimum atomic E-state index is -0.0959. The van der Waals surface area contributed by atoms with Crippen LogP contribution in [0.5, 0.6) is 0 Å². The number of anilines is 2. The minimum absolute atomic E-state index is 0.0229. The highest BCUT2D eigenvalue weighted by molar-refractivity contribution is 5.94. The molecule has 0 saturated carbocycles. The first kappa shape index (κ1) is 21.1. The van der Waals surface area contributed by atoms with Gasteiger partial charge in [0, 0.05) is 17.9 Å². The average molecular weight is 394 g/mol. The monoisotopic (exact) mass is 393 g/mol. The molecule has 2 aromatic carbocycles. The van der Waals surface area contributed by atoms with Gasteiger partial charge >= 0.3 is 0 Å². The lowest BCUT2D eigenvalue weighted by molar-refractivity contribution is -0.123. The van der Waals surface area contributed by atoms with Crippen molar-refractivity contribution in [3.05, 3.63) is 59.7 Å². The lowest BCUT2D eigenvalue weighted by Crippen LogP contribution is -2.44. The highest BCUT2D eigenvalue weighted by Gasteiger charge is 2.27. The highest BCUT2D eigenvalue weighted by atomic mass is 16.2. The fourth-order valence-electron chi connectivity index (χ4n) is 3.90. The maximum absolute atomic E-state index is 12.7. The fraction of sp³-hybridized carbons (Fsp3) is 0.417. The van der Waals surface area contributed by atoms with Gasteiger partial charge in [0.1, 0.15) is 0 Å². The zero-order chi connectivity index (χ0) is 20.8. The number of para-hydroxylation sites is 2. The summed E-state index contributed by atoms with van der Waals surface area (Å²) in [4.78, 5) is 27.4. The van der Waals surface area contributed by atoms with E-state index in [0.717, 1.165) is 41.9 Å². The van der Waals surface area contributed by atoms with Gasteiger partial charge in [0.05, 0.1) is 12.5 Å². The van der Waals surface area contributed by atoms with Crippen LogP contribution in [0, 0.1) is 12.8 Å². The summed E-state index contributed by atoms with van der Waals surface area (Å²) in [6.07, 6.45) is 1.77. The van der Waals surface area contributed by atoms with Crippen molar-refractivity contribution in [2.45, 2.75) is 39.5 Å². The Labute approximate surface area is 173 Å². The van der Waals surface area contributed by atoms with Crippen molar-refractivity contribution >= 4 is 23.2 Å². The van der Waals surface area contributed by atoms with Crippen molar-refractivity contribution in [2.24, 2.45) is 5.92 Å². The van der Waals surface area contributed by atoms with Crippen molar-refractivity contribution < 1.29 is 9.59 Å². The summed E-state index contributed by atoms with van der Waals surface area (Å²) >= 11 is 0. The van der Waals surface area contributed by atoms with Gasteiger partial charge in [-0.3, -0.25) is 14.5 Å². The molecule has 1 heterocycles. The average Bonchev–Trinajstić information content (AvgIpc) is 2.70. The van der Waals surface area contributed by atoms with Gasteiger partial charge in [-0.1, -0.05) is 50.2 Å². The quantitative estimate of drug-likeness (QED) is 0.764. The molecule has 0 spiro atoms. The van der Waals surface area contributed by atoms with Gasteiger partial charge in [-0.2, -0.15) is 0 Å². The van der Waals surface area contributed by atoms with E-state index in [-0.39, 0.29) is 17.7 Å². The molecule has 2 N–H and O–H groups in total. The molecule has 1 atom stereocenters. The van der Waals surface area contributed by atoms with Gasteiger partial charge in [0.25, 0.3) is 0 Å². The first-order valence-corrected chi connectivity index (χ1v) is 10.4. The van der Waals surface area contributed by atoms with Crippen molar-refractivity contribution in [2.75, 3.05) is 30.3 Å². The summed E-state index contributed by atoms with van der Waals surface area (Å²) in [5.41, 5.74) is 3.96. The number of nitrogens with zero attached hydrogens (tertiary/aromatic N) is 1. The summed E-state index contributed by atoms with van der Waals surface area (Å²) in [7, 11) is 0. The van der Waals surface area contributed by atoms with Crippen LogP contribution in [0.15, 0.2) is 48.5 Å². The van der Waals surface area contributed by atoms with E-state index in [0.29, 0.717) is 19.0 Å². The first-order chi connectivity index (χ1) is 13.9. The number of piperidine rings is 1. The number of carbonyl (C=O) groups excluding carboxylic acids is 2. The maximum Gasteiger partial charge on any atom is 0.238 e. The standard InChI is InChI=1S/C24H31N3O2/c1-17(2)21-13-7-9-18(3)23(21)26-22(28)16-27-14-8-10-19(15-27)24(29)25-20-11-5-4-6-12-20/h4-7,9,11-13,17,19H,8,10,14-16H2,1-3H3,(H,25,29)(H,26,28). The molecule has 154 valence electrons. The first-order valence-electron chi connectivity index (χ1n) is 10.4. The second-order valence-corrected chi connectivity index (χ2v) is 8.17. The van der Waals surface area contributed by atoms with Crippen LogP contribution in [-0.2, 0) is 9.59 Å². The van der Waals surface area contributed by atoms with E-state index < -0.39 is 0 Å². The third-order valence-electron chi connectivity index (χ3n) is 5.48. The number of amides is 2. The molecule has 5 nitrogen and oxygen atoms in total. The van der Waals surface area contributed by atoms with Crippen LogP contribution >= 0.6 is 0 Å². The van der Waals surface area contributed by atoms with Crippen molar-refractivity contribution in [3.63, 3.8) is 0 Å². The smallest absolute Gasteiger partial charge is 0.238 e. The van der Waals surface area contributed by atoms with E-state index in [1.165, 1.54) is 0 Å². The molecule has 0 bridgehead atoms. The van der Waals surface area contributed by atoms with Gasteiger partial charge in [-0.05, 0) is 55.5 Å². The molecule has 0 radical (unpaired) electrons. The van der Waals surface area contributed by atoms with E-state index >= 15 is 0 Å². The van der Waals surface area contributed by atoms with Crippen molar-refractivity contribution in [1.82, 2.24) is 4.90 Å². The van der Waals surface area contributed by atoms with E-state index in [1.54, 1.807) is 0 Å². The van der Waals surface area contributed by atoms with Gasteiger partial charge in [0.15, 0.2) is 0 Å². The predicted octanol–water partition coefficient (Wildman–Crippen LogP) is 4.41. The fourth-order valence-corrected chi connectivity index (χ4v) is 3.90. The summed E-state index contributed by atoms with van der Waals surface area (Å²) in [6, 6.07) is 15.6. The molecule has 2 amide bonds. The molecular formula is C24H31N3O2. The molecule has 2 aromatic rings. The third kappa shape index (κ3) is 5.67. The molecule has 1 aliphatic heterocycles. The van der Waals surface area contributed by atoms with E-state index in [4.69, 9.17) is 0 Å². The largest absolute Gasteiger partial charge is 0.326 e. The van der Waals surface area contributed by atoms with Crippen LogP contribution in [0.4, 0.5) is 11.4 Å². The zero-order valence-corrected chi connectivity index (χ0v) is 17.6. The van der Waals surface area contributed by atoms with E-state index in [9.17, 15) is 9.59 Å². The topological polar surface area (TPSA) is 61.4 Å². The number of benzene rings is 2. The second kappa shape index (κ2) is 9.70. The maximum atomic E-state index is 12.7. The molecule has 1 fully saturated rings. The third-order valence-corrected chi connectivity index (χ3v) is 5.48. The van der Waals surface area contributed by atoms with Crippen LogP contribution in [0.2, 0.25) is 0 Å². The highest BCUT2D eigenvalue weighted by Crippen LogP contribution is 2.27. The van der Waals surface area contributed by atoms with Gasteiger partial charge < -0.3 is 10.6 Å². The number of hydrogen-bond acceptors (Lipinski definition) is 3. The summed E-state index contributed by atoms with van der Waals surface area (Å²) in [5, 5.41) is 6.10. The predicted molar refractivity (Wildman–Crippen MR) is 118 cm³/mol. The van der Waals surface area contributed by atoms with E-state index in [1.807, 2.05) is 49.4 Å². The molecule has 1 aliphatic rings. The molecule has 0 aliphatic carbocycles. The Bertz CT molecular complexity index is 848. The van der Waals surface area contributed by atoms with Crippen LogP contribution in [0.1, 0.15) is 43.7 Å². The Kier molecular flexibility index (Phi) is 7.04. The molecule has 29 heavy (non-hydrogen) atoms. The Hall–Kier alpha value is -2.66. The molecule has 1 unspecified atom stereocenters. The number of aryl methyl sites for hydroxylation is 1. The lowest BCUT2D eigenvalue weighted by Gasteiger charge is -2.31. The van der Waals surface area contributed by atoms with Crippen LogP contribution < -0.4 is 10.6 Å². The molecular weight excluding hydrogens is 362 g/mol. The van der Waals surface area contributed by atoms with Gasteiger partial charge in [-0.25, -0.2) is 0 Å². The van der Waals surface area contributed by atoms with Crippen LogP contribution in [0.3, 0.4) is 0 Å². The lowest BCUT2D eigenvalue weighted by atomic mass is 9.96. The Morgan fingerprint density at radius 2 is 1.83 bits per heavy atom. The number of nitrogens with one attached hydrogen (secondary N) is 2. The molecule has 5 heteroatoms. The number of rotatable bonds is 6. The van der Waals surface area contributed by atoms with E-state index in [2.05, 4.69) is 35.4 Å². The minimum Gasteiger partial charge on any atom is -0.326 e. The molecule has 3 rings (SSSR count). The number of hydrogen-bond donors (Lipinski definition) is 2. The number of likely N-dealkylation sites (tertiary alicyclic amines) is 1. The Balaban J connectivity index is 1.58. The summed E-state index contributed by atoms with van der Waals surface area (Å²) < 4.78 is 0. The van der Waals surface area contributed by atoms with Crippen molar-refractivity contribution in [1.29, 1.82) is 0 Å². The second-order valence-electron chi connectivity index (χ2n) is 8.17. The molecule has 1 saturated heterocycles. The van der Waals surface area contributed by atoms with Crippen LogP contribution in [-0.4, -0.2) is 36.3 Å². The Morgan fingerprint density at radius 3 is 2.55 bits per heavy atom. The Morgan fingerprint density at radius 1 is 1.07 bits per heavy atom. The normalized spacial score (nSPS) is 17.2. The van der Waals surface area contributed by atoms with Gasteiger partial charge in [-0.15, -0.1) is 0 Å². The number of carbonyl (C=O) groups is 2. The SMILES string of the molecule is Cc1cccc(C(C)C)c1NC(=O)CN1CCCC(C(=O)Nc2ccccc2)C1. The van der Waals surface area contributed by atoms with Crippen molar-refractivity contribution in [3.8, 4) is 0 Å².